The Kier molecular flexibility index (Phi) is 8.57. The smallest absolute Gasteiger partial charge is 0.248 e. The molecule has 0 heterocycles. The molecule has 0 saturated carbocycles. The number of nitrogens with zero attached hydrogens (tertiary/aromatic N) is 1. The van der Waals surface area contributed by atoms with Crippen molar-refractivity contribution in [2.75, 3.05) is 33.4 Å². The first-order valence-electron chi connectivity index (χ1n) is 5.15. The number of carbonyl (C=O) groups excluding carboxylic acids is 1. The Bertz CT molecular complexity index is 150. The quantitative estimate of drug-likeness (QED) is 0.589. The van der Waals surface area contributed by atoms with Crippen LogP contribution in [0.3, 0.4) is 0 Å². The number of unbranched alkanes of at least 4 members (excludes halogenated alkanes) is 2. The fourth-order valence-corrected chi connectivity index (χ4v) is 1.06. The lowest BCUT2D eigenvalue weighted by atomic mass is 10.2. The van der Waals surface area contributed by atoms with Crippen LogP contribution in [0.15, 0.2) is 0 Å². The second kappa shape index (κ2) is 8.97. The predicted molar refractivity (Wildman–Crippen MR) is 55.1 cm³/mol. The summed E-state index contributed by atoms with van der Waals surface area (Å²) in [7, 11) is 1.78. The van der Waals surface area contributed by atoms with Gasteiger partial charge < -0.3 is 14.7 Å². The van der Waals surface area contributed by atoms with E-state index < -0.39 is 0 Å². The zero-order valence-corrected chi connectivity index (χ0v) is 9.16. The van der Waals surface area contributed by atoms with E-state index in [4.69, 9.17) is 9.84 Å². The van der Waals surface area contributed by atoms with Gasteiger partial charge in [-0.2, -0.15) is 0 Å². The van der Waals surface area contributed by atoms with E-state index in [9.17, 15) is 4.79 Å². The van der Waals surface area contributed by atoms with Crippen molar-refractivity contribution >= 4 is 5.91 Å². The van der Waals surface area contributed by atoms with E-state index in [2.05, 4.69) is 0 Å². The summed E-state index contributed by atoms with van der Waals surface area (Å²) in [4.78, 5) is 13.0. The van der Waals surface area contributed by atoms with Gasteiger partial charge in [-0.3, -0.25) is 4.79 Å². The molecule has 0 spiro atoms. The van der Waals surface area contributed by atoms with Crippen LogP contribution in [0.25, 0.3) is 0 Å². The van der Waals surface area contributed by atoms with Gasteiger partial charge in [0, 0.05) is 26.8 Å². The number of amides is 1. The van der Waals surface area contributed by atoms with E-state index in [1.54, 1.807) is 11.9 Å². The molecule has 0 aromatic rings. The first-order chi connectivity index (χ1) is 6.72. The number of hydrogen-bond acceptors (Lipinski definition) is 3. The molecule has 1 amide bonds. The Morgan fingerprint density at radius 3 is 2.64 bits per heavy atom. The van der Waals surface area contributed by atoms with Crippen molar-refractivity contribution in [1.29, 1.82) is 0 Å². The first-order valence-corrected chi connectivity index (χ1v) is 5.15. The summed E-state index contributed by atoms with van der Waals surface area (Å²) in [5, 5.41) is 8.56. The summed E-state index contributed by atoms with van der Waals surface area (Å²) in [6.45, 7) is 3.59. The third-order valence-electron chi connectivity index (χ3n) is 2.01. The van der Waals surface area contributed by atoms with Crippen LogP contribution in [0, 0.1) is 0 Å². The van der Waals surface area contributed by atoms with Crippen molar-refractivity contribution < 1.29 is 14.6 Å². The lowest BCUT2D eigenvalue weighted by Crippen LogP contribution is -2.31. The molecule has 0 aromatic heterocycles. The van der Waals surface area contributed by atoms with Gasteiger partial charge in [0.1, 0.15) is 6.61 Å². The van der Waals surface area contributed by atoms with Gasteiger partial charge in [0.05, 0.1) is 0 Å². The molecule has 0 saturated heterocycles. The molecule has 4 heteroatoms. The van der Waals surface area contributed by atoms with E-state index in [1.165, 1.54) is 0 Å². The molecule has 14 heavy (non-hydrogen) atoms. The Balaban J connectivity index is 3.42. The molecule has 0 rings (SSSR count). The maximum Gasteiger partial charge on any atom is 0.248 e. The number of hydrogen-bond donors (Lipinski definition) is 1. The zero-order valence-electron chi connectivity index (χ0n) is 9.16. The van der Waals surface area contributed by atoms with E-state index >= 15 is 0 Å². The highest BCUT2D eigenvalue weighted by atomic mass is 16.5. The maximum absolute atomic E-state index is 11.3. The molecule has 0 bridgehead atoms. The minimum Gasteiger partial charge on any atom is -0.396 e. The number of likely N-dealkylation sites (N-methyl/N-ethyl adjacent to an activating group) is 1. The highest BCUT2D eigenvalue weighted by Gasteiger charge is 2.06. The lowest BCUT2D eigenvalue weighted by Gasteiger charge is -2.16. The Morgan fingerprint density at radius 1 is 1.36 bits per heavy atom. The Morgan fingerprint density at radius 2 is 2.07 bits per heavy atom. The maximum atomic E-state index is 11.3. The number of aliphatic hydroxyl groups excluding tert-OH is 1. The monoisotopic (exact) mass is 203 g/mol. The molecule has 0 radical (unpaired) electrons. The van der Waals surface area contributed by atoms with E-state index in [-0.39, 0.29) is 19.1 Å². The van der Waals surface area contributed by atoms with Gasteiger partial charge in [-0.1, -0.05) is 0 Å². The largest absolute Gasteiger partial charge is 0.396 e. The van der Waals surface area contributed by atoms with Crippen LogP contribution in [0.2, 0.25) is 0 Å². The molecule has 0 aliphatic carbocycles. The van der Waals surface area contributed by atoms with E-state index in [0.717, 1.165) is 25.8 Å². The summed E-state index contributed by atoms with van der Waals surface area (Å²) in [5.74, 6) is 0.0239. The third kappa shape index (κ3) is 6.86. The normalized spacial score (nSPS) is 10.2. The fourth-order valence-electron chi connectivity index (χ4n) is 1.06. The number of aliphatic hydroxyl groups is 1. The third-order valence-corrected chi connectivity index (χ3v) is 2.01. The van der Waals surface area contributed by atoms with E-state index in [0.29, 0.717) is 6.61 Å². The van der Waals surface area contributed by atoms with Crippen LogP contribution in [0.1, 0.15) is 26.2 Å². The van der Waals surface area contributed by atoms with Crippen LogP contribution >= 0.6 is 0 Å². The molecule has 0 aliphatic rings. The molecule has 0 unspecified atom stereocenters. The van der Waals surface area contributed by atoms with Crippen LogP contribution in [0.4, 0.5) is 0 Å². The average molecular weight is 203 g/mol. The molecular weight excluding hydrogens is 182 g/mol. The molecular formula is C10H21NO3. The van der Waals surface area contributed by atoms with Gasteiger partial charge >= 0.3 is 0 Å². The number of ether oxygens (including phenoxy) is 1. The van der Waals surface area contributed by atoms with Crippen LogP contribution in [-0.2, 0) is 9.53 Å². The van der Waals surface area contributed by atoms with Crippen molar-refractivity contribution in [3.05, 3.63) is 0 Å². The summed E-state index contributed by atoms with van der Waals surface area (Å²) >= 11 is 0. The van der Waals surface area contributed by atoms with Gasteiger partial charge in [-0.05, 0) is 26.2 Å². The van der Waals surface area contributed by atoms with Crippen molar-refractivity contribution in [2.45, 2.75) is 26.2 Å². The molecule has 0 aromatic carbocycles. The predicted octanol–water partition coefficient (Wildman–Crippen LogP) is 0.644. The molecule has 0 aliphatic heterocycles. The van der Waals surface area contributed by atoms with Gasteiger partial charge in [0.25, 0.3) is 0 Å². The van der Waals surface area contributed by atoms with Gasteiger partial charge in [0.15, 0.2) is 0 Å². The number of carbonyl (C=O) groups is 1. The minimum atomic E-state index is 0.0239. The van der Waals surface area contributed by atoms with Crippen molar-refractivity contribution in [3.8, 4) is 0 Å². The summed E-state index contributed by atoms with van der Waals surface area (Å²) < 4.78 is 5.01. The average Bonchev–Trinajstić information content (AvgIpc) is 2.20. The van der Waals surface area contributed by atoms with Crippen molar-refractivity contribution in [1.82, 2.24) is 4.90 Å². The minimum absolute atomic E-state index is 0.0239. The molecule has 4 nitrogen and oxygen atoms in total. The zero-order chi connectivity index (χ0) is 10.8. The molecule has 84 valence electrons. The molecule has 0 atom stereocenters. The molecule has 1 N–H and O–H groups in total. The second-order valence-corrected chi connectivity index (χ2v) is 3.24. The van der Waals surface area contributed by atoms with Crippen molar-refractivity contribution in [2.24, 2.45) is 0 Å². The summed E-state index contributed by atoms with van der Waals surface area (Å²) in [6, 6.07) is 0. The highest BCUT2D eigenvalue weighted by Crippen LogP contribution is 1.97. The van der Waals surface area contributed by atoms with Crippen LogP contribution in [-0.4, -0.2) is 49.3 Å². The fraction of sp³-hybridized carbons (Fsp3) is 0.900. The first kappa shape index (κ1) is 13.4. The van der Waals surface area contributed by atoms with Crippen LogP contribution in [0.5, 0.6) is 0 Å². The SMILES string of the molecule is CCOCC(=O)N(C)CCCCCO. The van der Waals surface area contributed by atoms with Crippen LogP contribution < -0.4 is 0 Å². The second-order valence-electron chi connectivity index (χ2n) is 3.24. The van der Waals surface area contributed by atoms with Gasteiger partial charge in [-0.25, -0.2) is 0 Å². The van der Waals surface area contributed by atoms with Gasteiger partial charge in [0.2, 0.25) is 5.91 Å². The number of rotatable bonds is 8. The highest BCUT2D eigenvalue weighted by molar-refractivity contribution is 5.77. The summed E-state index contributed by atoms with van der Waals surface area (Å²) in [5.41, 5.74) is 0. The van der Waals surface area contributed by atoms with Crippen molar-refractivity contribution in [3.63, 3.8) is 0 Å². The topological polar surface area (TPSA) is 49.8 Å². The summed E-state index contributed by atoms with van der Waals surface area (Å²) in [6.07, 6.45) is 2.71. The molecule has 0 fully saturated rings. The Hall–Kier alpha value is -0.610. The van der Waals surface area contributed by atoms with E-state index in [1.807, 2.05) is 6.92 Å². The Labute approximate surface area is 85.9 Å². The lowest BCUT2D eigenvalue weighted by molar-refractivity contribution is -0.134. The standard InChI is InChI=1S/C10H21NO3/c1-3-14-9-10(13)11(2)7-5-4-6-8-12/h12H,3-9H2,1-2H3. The van der Waals surface area contributed by atoms with Gasteiger partial charge in [-0.15, -0.1) is 0 Å².